The van der Waals surface area contributed by atoms with Crippen LogP contribution in [0.2, 0.25) is 0 Å². The number of piperazine rings is 1. The van der Waals surface area contributed by atoms with Crippen molar-refractivity contribution in [3.8, 4) is 16.9 Å². The third-order valence-electron chi connectivity index (χ3n) is 7.98. The SMILES string of the molecule is O=C(Cc1cc(-c2ccc(N3CCCCC3)cc2)n(-c2ccccc2)n1)NCN1CCN(c2ccccc2)CC1. The number of nitrogens with one attached hydrogen (secondary N) is 1. The van der Waals surface area contributed by atoms with Gasteiger partial charge in [0.1, 0.15) is 0 Å². The van der Waals surface area contributed by atoms with Crippen molar-refractivity contribution in [2.75, 3.05) is 55.7 Å². The van der Waals surface area contributed by atoms with Crippen molar-refractivity contribution in [3.05, 3.63) is 96.7 Å². The van der Waals surface area contributed by atoms with Crippen LogP contribution >= 0.6 is 0 Å². The first-order valence-corrected chi connectivity index (χ1v) is 14.5. The average Bonchev–Trinajstić information content (AvgIpc) is 3.45. The van der Waals surface area contributed by atoms with Gasteiger partial charge in [0.25, 0.3) is 0 Å². The summed E-state index contributed by atoms with van der Waals surface area (Å²) in [4.78, 5) is 20.1. The second kappa shape index (κ2) is 12.4. The number of piperidine rings is 1. The molecule has 7 nitrogen and oxygen atoms in total. The molecule has 0 spiro atoms. The zero-order chi connectivity index (χ0) is 27.1. The summed E-state index contributed by atoms with van der Waals surface area (Å²) in [6.07, 6.45) is 4.10. The van der Waals surface area contributed by atoms with Crippen LogP contribution in [0, 0.1) is 0 Å². The number of carbonyl (C=O) groups is 1. The standard InChI is InChI=1S/C33H38N6O/c40-33(34-26-36-20-22-38(23-21-36)29-10-4-1-5-11-29)25-28-24-32(39(35-28)31-12-6-2-7-13-31)27-14-16-30(17-15-27)37-18-8-3-9-19-37/h1-2,4-7,10-17,24H,3,8-9,18-23,25-26H2,(H,34,40). The van der Waals surface area contributed by atoms with Crippen molar-refractivity contribution >= 4 is 17.3 Å². The Morgan fingerprint density at radius 2 is 1.27 bits per heavy atom. The summed E-state index contributed by atoms with van der Waals surface area (Å²) in [6, 6.07) is 31.5. The van der Waals surface area contributed by atoms with Crippen LogP contribution in [0.15, 0.2) is 91.0 Å². The summed E-state index contributed by atoms with van der Waals surface area (Å²) in [5.41, 5.74) is 6.39. The Morgan fingerprint density at radius 3 is 1.95 bits per heavy atom. The van der Waals surface area contributed by atoms with Gasteiger partial charge in [0, 0.05) is 56.2 Å². The molecule has 3 aromatic carbocycles. The number of para-hydroxylation sites is 2. The molecule has 0 aliphatic carbocycles. The molecule has 206 valence electrons. The van der Waals surface area contributed by atoms with Crippen molar-refractivity contribution in [3.63, 3.8) is 0 Å². The number of rotatable bonds is 8. The lowest BCUT2D eigenvalue weighted by atomic mass is 10.1. The minimum atomic E-state index is -0.00445. The van der Waals surface area contributed by atoms with E-state index < -0.39 is 0 Å². The van der Waals surface area contributed by atoms with Gasteiger partial charge in [-0.1, -0.05) is 48.5 Å². The van der Waals surface area contributed by atoms with Crippen molar-refractivity contribution in [2.24, 2.45) is 0 Å². The third-order valence-corrected chi connectivity index (χ3v) is 7.98. The van der Waals surface area contributed by atoms with Gasteiger partial charge in [-0.15, -0.1) is 0 Å². The predicted octanol–water partition coefficient (Wildman–Crippen LogP) is 4.97. The fourth-order valence-corrected chi connectivity index (χ4v) is 5.71. The van der Waals surface area contributed by atoms with Gasteiger partial charge in [0.05, 0.1) is 30.2 Å². The molecule has 3 heterocycles. The molecule has 40 heavy (non-hydrogen) atoms. The van der Waals surface area contributed by atoms with Crippen LogP contribution in [0.1, 0.15) is 25.0 Å². The first kappa shape index (κ1) is 26.1. The molecule has 0 radical (unpaired) electrons. The molecule has 0 saturated carbocycles. The zero-order valence-corrected chi connectivity index (χ0v) is 23.1. The Hall–Kier alpha value is -4.10. The lowest BCUT2D eigenvalue weighted by Gasteiger charge is -2.36. The predicted molar refractivity (Wildman–Crippen MR) is 162 cm³/mol. The Balaban J connectivity index is 1.10. The van der Waals surface area contributed by atoms with E-state index in [1.54, 1.807) is 0 Å². The van der Waals surface area contributed by atoms with E-state index in [0.717, 1.165) is 61.9 Å². The molecule has 6 rings (SSSR count). The molecule has 2 aliphatic heterocycles. The van der Waals surface area contributed by atoms with Crippen molar-refractivity contribution in [2.45, 2.75) is 25.7 Å². The van der Waals surface area contributed by atoms with Gasteiger partial charge in [-0.05, 0) is 61.7 Å². The smallest absolute Gasteiger partial charge is 0.227 e. The van der Waals surface area contributed by atoms with E-state index in [9.17, 15) is 4.79 Å². The van der Waals surface area contributed by atoms with E-state index in [-0.39, 0.29) is 12.3 Å². The molecular formula is C33H38N6O. The maximum Gasteiger partial charge on any atom is 0.227 e. The lowest BCUT2D eigenvalue weighted by molar-refractivity contribution is -0.121. The van der Waals surface area contributed by atoms with Crippen LogP contribution in [0.3, 0.4) is 0 Å². The Morgan fingerprint density at radius 1 is 0.675 bits per heavy atom. The first-order chi connectivity index (χ1) is 19.7. The summed E-state index contributed by atoms with van der Waals surface area (Å²) in [6.45, 7) is 6.59. The van der Waals surface area contributed by atoms with E-state index in [1.807, 2.05) is 28.9 Å². The Labute approximate surface area is 237 Å². The molecule has 2 saturated heterocycles. The van der Waals surface area contributed by atoms with Crippen LogP contribution in [0.5, 0.6) is 0 Å². The fourth-order valence-electron chi connectivity index (χ4n) is 5.71. The molecular weight excluding hydrogens is 496 g/mol. The van der Waals surface area contributed by atoms with Crippen LogP contribution in [-0.2, 0) is 11.2 Å². The molecule has 7 heteroatoms. The van der Waals surface area contributed by atoms with Crippen molar-refractivity contribution in [1.29, 1.82) is 0 Å². The summed E-state index contributed by atoms with van der Waals surface area (Å²) in [7, 11) is 0. The molecule has 2 fully saturated rings. The Bertz CT molecular complexity index is 1370. The van der Waals surface area contributed by atoms with Gasteiger partial charge in [-0.2, -0.15) is 5.10 Å². The molecule has 1 aromatic heterocycles. The van der Waals surface area contributed by atoms with Gasteiger partial charge < -0.3 is 15.1 Å². The highest BCUT2D eigenvalue weighted by Crippen LogP contribution is 2.28. The number of benzene rings is 3. The largest absolute Gasteiger partial charge is 0.372 e. The summed E-state index contributed by atoms with van der Waals surface area (Å²) in [5.74, 6) is -0.00445. The molecule has 0 bridgehead atoms. The second-order valence-electron chi connectivity index (χ2n) is 10.7. The van der Waals surface area contributed by atoms with Gasteiger partial charge >= 0.3 is 0 Å². The van der Waals surface area contributed by atoms with Crippen molar-refractivity contribution < 1.29 is 4.79 Å². The molecule has 0 unspecified atom stereocenters. The maximum absolute atomic E-state index is 13.0. The van der Waals surface area contributed by atoms with E-state index in [0.29, 0.717) is 6.67 Å². The number of hydrogen-bond acceptors (Lipinski definition) is 5. The van der Waals surface area contributed by atoms with Crippen LogP contribution < -0.4 is 15.1 Å². The number of hydrogen-bond donors (Lipinski definition) is 1. The van der Waals surface area contributed by atoms with E-state index >= 15 is 0 Å². The van der Waals surface area contributed by atoms with Crippen LogP contribution in [0.4, 0.5) is 11.4 Å². The van der Waals surface area contributed by atoms with Crippen LogP contribution in [0.25, 0.3) is 16.9 Å². The molecule has 4 aromatic rings. The average molecular weight is 535 g/mol. The maximum atomic E-state index is 13.0. The van der Waals surface area contributed by atoms with E-state index in [4.69, 9.17) is 5.10 Å². The summed E-state index contributed by atoms with van der Waals surface area (Å²) in [5, 5.41) is 7.99. The van der Waals surface area contributed by atoms with Gasteiger partial charge in [0.2, 0.25) is 5.91 Å². The van der Waals surface area contributed by atoms with Crippen LogP contribution in [-0.4, -0.2) is 66.5 Å². The monoisotopic (exact) mass is 534 g/mol. The fraction of sp³-hybridized carbons (Fsp3) is 0.333. The highest BCUT2D eigenvalue weighted by molar-refractivity contribution is 5.78. The number of carbonyl (C=O) groups excluding carboxylic acids is 1. The number of amides is 1. The topological polar surface area (TPSA) is 56.6 Å². The highest BCUT2D eigenvalue weighted by Gasteiger charge is 2.19. The summed E-state index contributed by atoms with van der Waals surface area (Å²) < 4.78 is 1.96. The van der Waals surface area contributed by atoms with E-state index in [2.05, 4.69) is 86.7 Å². The molecule has 2 aliphatic rings. The first-order valence-electron chi connectivity index (χ1n) is 14.5. The molecule has 0 atom stereocenters. The molecule has 1 amide bonds. The third kappa shape index (κ3) is 6.20. The summed E-state index contributed by atoms with van der Waals surface area (Å²) >= 11 is 0. The second-order valence-corrected chi connectivity index (χ2v) is 10.7. The lowest BCUT2D eigenvalue weighted by Crippen LogP contribution is -2.50. The minimum Gasteiger partial charge on any atom is -0.372 e. The number of aromatic nitrogens is 2. The van der Waals surface area contributed by atoms with Crippen molar-refractivity contribution in [1.82, 2.24) is 20.0 Å². The highest BCUT2D eigenvalue weighted by atomic mass is 16.1. The normalized spacial score (nSPS) is 16.2. The van der Waals surface area contributed by atoms with Gasteiger partial charge in [-0.25, -0.2) is 4.68 Å². The quantitative estimate of drug-likeness (QED) is 0.346. The van der Waals surface area contributed by atoms with Gasteiger partial charge in [0.15, 0.2) is 0 Å². The Kier molecular flexibility index (Phi) is 8.10. The zero-order valence-electron chi connectivity index (χ0n) is 23.1. The van der Waals surface area contributed by atoms with E-state index in [1.165, 1.54) is 30.6 Å². The number of nitrogens with zero attached hydrogens (tertiary/aromatic N) is 5. The number of anilines is 2. The molecule has 1 N–H and O–H groups in total. The van der Waals surface area contributed by atoms with Gasteiger partial charge in [-0.3, -0.25) is 9.69 Å². The minimum absolute atomic E-state index is 0.00445.